The van der Waals surface area contributed by atoms with Gasteiger partial charge < -0.3 is 5.11 Å². The van der Waals surface area contributed by atoms with E-state index in [2.05, 4.69) is 32.9 Å². The SMILES string of the molecule is CC1CCC(C(C)C)[C@](O)(c2ccccc2)C1. The monoisotopic (exact) mass is 232 g/mol. The van der Waals surface area contributed by atoms with Gasteiger partial charge in [-0.1, -0.05) is 57.5 Å². The molecule has 1 heteroatoms. The first-order valence-corrected chi connectivity index (χ1v) is 6.82. The average Bonchev–Trinajstić information content (AvgIpc) is 2.29. The van der Waals surface area contributed by atoms with Crippen molar-refractivity contribution in [2.75, 3.05) is 0 Å². The molecule has 1 fully saturated rings. The zero-order chi connectivity index (χ0) is 12.5. The highest BCUT2D eigenvalue weighted by atomic mass is 16.3. The molecule has 1 aliphatic rings. The molecule has 0 bridgehead atoms. The van der Waals surface area contributed by atoms with Crippen LogP contribution in [0.5, 0.6) is 0 Å². The van der Waals surface area contributed by atoms with Gasteiger partial charge >= 0.3 is 0 Å². The Hall–Kier alpha value is -0.820. The van der Waals surface area contributed by atoms with Crippen LogP contribution < -0.4 is 0 Å². The lowest BCUT2D eigenvalue weighted by molar-refractivity contribution is -0.0865. The number of rotatable bonds is 2. The number of hydrogen-bond acceptors (Lipinski definition) is 1. The molecule has 0 amide bonds. The summed E-state index contributed by atoms with van der Waals surface area (Å²) in [6.45, 7) is 6.72. The van der Waals surface area contributed by atoms with Crippen molar-refractivity contribution in [1.29, 1.82) is 0 Å². The van der Waals surface area contributed by atoms with Crippen LogP contribution in [0.15, 0.2) is 30.3 Å². The van der Waals surface area contributed by atoms with E-state index in [1.54, 1.807) is 0 Å². The van der Waals surface area contributed by atoms with E-state index in [-0.39, 0.29) is 0 Å². The van der Waals surface area contributed by atoms with Crippen molar-refractivity contribution in [3.05, 3.63) is 35.9 Å². The van der Waals surface area contributed by atoms with E-state index >= 15 is 0 Å². The van der Waals surface area contributed by atoms with Crippen molar-refractivity contribution in [2.24, 2.45) is 17.8 Å². The summed E-state index contributed by atoms with van der Waals surface area (Å²) in [6.07, 6.45) is 3.29. The van der Waals surface area contributed by atoms with Crippen molar-refractivity contribution in [1.82, 2.24) is 0 Å². The number of hydrogen-bond donors (Lipinski definition) is 1. The fraction of sp³-hybridized carbons (Fsp3) is 0.625. The highest BCUT2D eigenvalue weighted by molar-refractivity contribution is 5.24. The van der Waals surface area contributed by atoms with E-state index in [0.29, 0.717) is 17.8 Å². The molecule has 1 aromatic rings. The summed E-state index contributed by atoms with van der Waals surface area (Å²) in [7, 11) is 0. The van der Waals surface area contributed by atoms with E-state index in [1.165, 1.54) is 6.42 Å². The quantitative estimate of drug-likeness (QED) is 0.818. The zero-order valence-electron chi connectivity index (χ0n) is 11.2. The molecule has 1 aliphatic carbocycles. The zero-order valence-corrected chi connectivity index (χ0v) is 11.2. The maximum absolute atomic E-state index is 11.1. The number of benzene rings is 1. The minimum absolute atomic E-state index is 0.390. The maximum Gasteiger partial charge on any atom is 0.0929 e. The Balaban J connectivity index is 2.36. The van der Waals surface area contributed by atoms with E-state index in [4.69, 9.17) is 0 Å². The highest BCUT2D eigenvalue weighted by Gasteiger charge is 2.43. The molecule has 2 unspecified atom stereocenters. The van der Waals surface area contributed by atoms with Gasteiger partial charge in [-0.15, -0.1) is 0 Å². The second kappa shape index (κ2) is 4.81. The summed E-state index contributed by atoms with van der Waals surface area (Å²) in [4.78, 5) is 0. The van der Waals surface area contributed by atoms with Crippen LogP contribution in [0.1, 0.15) is 45.6 Å². The highest BCUT2D eigenvalue weighted by Crippen LogP contribution is 2.46. The van der Waals surface area contributed by atoms with Gasteiger partial charge in [0, 0.05) is 0 Å². The van der Waals surface area contributed by atoms with Crippen LogP contribution >= 0.6 is 0 Å². The Bertz CT molecular complexity index is 357. The normalized spacial score (nSPS) is 33.9. The largest absolute Gasteiger partial charge is 0.385 e. The molecule has 0 spiro atoms. The predicted molar refractivity (Wildman–Crippen MR) is 71.7 cm³/mol. The Kier molecular flexibility index (Phi) is 3.58. The molecule has 0 aromatic heterocycles. The average molecular weight is 232 g/mol. The van der Waals surface area contributed by atoms with Gasteiger partial charge in [0.05, 0.1) is 5.60 Å². The third-order valence-electron chi connectivity index (χ3n) is 4.32. The molecule has 1 saturated carbocycles. The molecule has 1 N–H and O–H groups in total. The van der Waals surface area contributed by atoms with Crippen LogP contribution in [0.3, 0.4) is 0 Å². The van der Waals surface area contributed by atoms with Crippen LogP contribution in [0.25, 0.3) is 0 Å². The lowest BCUT2D eigenvalue weighted by Gasteiger charge is -2.45. The molecular formula is C16H24O. The first-order valence-electron chi connectivity index (χ1n) is 6.82. The van der Waals surface area contributed by atoms with Gasteiger partial charge in [-0.2, -0.15) is 0 Å². The molecule has 1 nitrogen and oxygen atoms in total. The van der Waals surface area contributed by atoms with E-state index in [1.807, 2.05) is 18.2 Å². The van der Waals surface area contributed by atoms with Gasteiger partial charge in [-0.25, -0.2) is 0 Å². The van der Waals surface area contributed by atoms with Crippen LogP contribution in [0.4, 0.5) is 0 Å². The van der Waals surface area contributed by atoms with Crippen LogP contribution in [-0.4, -0.2) is 5.11 Å². The van der Waals surface area contributed by atoms with Crippen LogP contribution in [-0.2, 0) is 5.60 Å². The van der Waals surface area contributed by atoms with Crippen molar-refractivity contribution in [3.63, 3.8) is 0 Å². The third kappa shape index (κ3) is 2.40. The minimum atomic E-state index is -0.618. The standard InChI is InChI=1S/C16H24O/c1-12(2)15-10-9-13(3)11-16(15,17)14-7-5-4-6-8-14/h4-8,12-13,15,17H,9-11H2,1-3H3/t13?,15?,16-/m1/s1. The summed E-state index contributed by atoms with van der Waals surface area (Å²) >= 11 is 0. The molecule has 1 aromatic carbocycles. The summed E-state index contributed by atoms with van der Waals surface area (Å²) in [5.74, 6) is 1.55. The first kappa shape index (κ1) is 12.6. The van der Waals surface area contributed by atoms with Crippen molar-refractivity contribution < 1.29 is 5.11 Å². The van der Waals surface area contributed by atoms with Crippen LogP contribution in [0, 0.1) is 17.8 Å². The first-order chi connectivity index (χ1) is 8.04. The lowest BCUT2D eigenvalue weighted by atomic mass is 9.64. The maximum atomic E-state index is 11.1. The van der Waals surface area contributed by atoms with E-state index < -0.39 is 5.60 Å². The van der Waals surface area contributed by atoms with Crippen molar-refractivity contribution in [3.8, 4) is 0 Å². The lowest BCUT2D eigenvalue weighted by Crippen LogP contribution is -2.42. The molecule has 2 rings (SSSR count). The van der Waals surface area contributed by atoms with Gasteiger partial charge in [0.15, 0.2) is 0 Å². The summed E-state index contributed by atoms with van der Waals surface area (Å²) < 4.78 is 0. The Morgan fingerprint density at radius 2 is 1.82 bits per heavy atom. The number of aliphatic hydroxyl groups is 1. The Labute approximate surface area is 105 Å². The smallest absolute Gasteiger partial charge is 0.0929 e. The van der Waals surface area contributed by atoms with Gasteiger partial charge in [-0.05, 0) is 36.2 Å². The molecular weight excluding hydrogens is 208 g/mol. The summed E-state index contributed by atoms with van der Waals surface area (Å²) in [5.41, 5.74) is 0.484. The van der Waals surface area contributed by atoms with E-state index in [9.17, 15) is 5.11 Å². The Morgan fingerprint density at radius 1 is 1.18 bits per heavy atom. The molecule has 0 heterocycles. The van der Waals surface area contributed by atoms with Crippen molar-refractivity contribution in [2.45, 2.75) is 45.6 Å². The fourth-order valence-electron chi connectivity index (χ4n) is 3.43. The fourth-order valence-corrected chi connectivity index (χ4v) is 3.43. The molecule has 0 radical (unpaired) electrons. The molecule has 0 saturated heterocycles. The van der Waals surface area contributed by atoms with E-state index in [0.717, 1.165) is 18.4 Å². The third-order valence-corrected chi connectivity index (χ3v) is 4.32. The second-order valence-electron chi connectivity index (χ2n) is 6.03. The van der Waals surface area contributed by atoms with Gasteiger partial charge in [0.25, 0.3) is 0 Å². The molecule has 0 aliphatic heterocycles. The predicted octanol–water partition coefficient (Wildman–Crippen LogP) is 3.97. The van der Waals surface area contributed by atoms with Crippen LogP contribution in [0.2, 0.25) is 0 Å². The second-order valence-corrected chi connectivity index (χ2v) is 6.03. The van der Waals surface area contributed by atoms with Gasteiger partial charge in [0.2, 0.25) is 0 Å². The molecule has 17 heavy (non-hydrogen) atoms. The van der Waals surface area contributed by atoms with Crippen molar-refractivity contribution >= 4 is 0 Å². The molecule has 94 valence electrons. The molecule has 3 atom stereocenters. The minimum Gasteiger partial charge on any atom is -0.385 e. The van der Waals surface area contributed by atoms with Gasteiger partial charge in [-0.3, -0.25) is 0 Å². The Morgan fingerprint density at radius 3 is 2.41 bits per heavy atom. The van der Waals surface area contributed by atoms with Gasteiger partial charge in [0.1, 0.15) is 0 Å². The summed E-state index contributed by atoms with van der Waals surface area (Å²) in [5, 5.41) is 11.1. The summed E-state index contributed by atoms with van der Waals surface area (Å²) in [6, 6.07) is 10.2. The topological polar surface area (TPSA) is 20.2 Å².